The number of aromatic nitrogens is 1. The number of carbonyl (C=O) groups excluding carboxylic acids is 1. The zero-order valence-electron chi connectivity index (χ0n) is 12.8. The molecule has 0 saturated heterocycles. The Morgan fingerprint density at radius 1 is 1.39 bits per heavy atom. The molecule has 122 valence electrons. The van der Waals surface area contributed by atoms with Gasteiger partial charge in [0.1, 0.15) is 5.60 Å². The number of amides is 1. The van der Waals surface area contributed by atoms with Crippen molar-refractivity contribution < 1.29 is 9.90 Å². The van der Waals surface area contributed by atoms with E-state index in [1.165, 1.54) is 20.1 Å². The lowest BCUT2D eigenvalue weighted by Crippen LogP contribution is -2.39. The Labute approximate surface area is 144 Å². The van der Waals surface area contributed by atoms with Crippen LogP contribution in [-0.2, 0) is 11.3 Å². The molecule has 1 heterocycles. The maximum absolute atomic E-state index is 11.5. The summed E-state index contributed by atoms with van der Waals surface area (Å²) >= 11 is 12.1. The monoisotopic (exact) mass is 353 g/mol. The number of carbonyl (C=O) groups is 1. The third kappa shape index (κ3) is 4.82. The number of nitrogens with zero attached hydrogens (tertiary/aromatic N) is 2. The molecule has 23 heavy (non-hydrogen) atoms. The first-order valence-electron chi connectivity index (χ1n) is 6.92. The topological polar surface area (TPSA) is 66.6 Å². The zero-order chi connectivity index (χ0) is 17.0. The maximum Gasteiger partial charge on any atom is 0.271 e. The lowest BCUT2D eigenvalue weighted by atomic mass is 10.1. The molecule has 2 rings (SSSR count). The van der Waals surface area contributed by atoms with Crippen LogP contribution in [0.15, 0.2) is 41.6 Å². The van der Waals surface area contributed by atoms with Crippen LogP contribution in [0.4, 0.5) is 0 Å². The van der Waals surface area contributed by atoms with Gasteiger partial charge in [0.25, 0.3) is 5.91 Å². The molecule has 0 saturated carbocycles. The number of aliphatic hydroxyl groups is 1. The second-order valence-electron chi connectivity index (χ2n) is 5.55. The van der Waals surface area contributed by atoms with Gasteiger partial charge in [0.2, 0.25) is 0 Å². The van der Waals surface area contributed by atoms with Gasteiger partial charge >= 0.3 is 0 Å². The number of benzene rings is 1. The van der Waals surface area contributed by atoms with Crippen LogP contribution in [0.2, 0.25) is 10.0 Å². The van der Waals surface area contributed by atoms with Gasteiger partial charge in [-0.05, 0) is 43.7 Å². The lowest BCUT2D eigenvalue weighted by molar-refractivity contribution is -0.136. The smallest absolute Gasteiger partial charge is 0.271 e. The SMILES string of the molecule is CC(C)(O)C(=O)NN=Cc1cccn1Cc1ccc(Cl)cc1Cl. The van der Waals surface area contributed by atoms with Gasteiger partial charge < -0.3 is 9.67 Å². The summed E-state index contributed by atoms with van der Waals surface area (Å²) < 4.78 is 1.93. The molecular formula is C16H17Cl2N3O2. The van der Waals surface area contributed by atoms with Crippen molar-refractivity contribution in [3.63, 3.8) is 0 Å². The fourth-order valence-electron chi connectivity index (χ4n) is 1.82. The van der Waals surface area contributed by atoms with Crippen molar-refractivity contribution in [2.24, 2.45) is 5.10 Å². The molecule has 0 aliphatic heterocycles. The van der Waals surface area contributed by atoms with Crippen molar-refractivity contribution in [2.75, 3.05) is 0 Å². The number of hydrogen-bond acceptors (Lipinski definition) is 3. The number of hydrazone groups is 1. The molecule has 0 atom stereocenters. The quantitative estimate of drug-likeness (QED) is 0.640. The van der Waals surface area contributed by atoms with E-state index in [9.17, 15) is 9.90 Å². The van der Waals surface area contributed by atoms with E-state index in [4.69, 9.17) is 23.2 Å². The Kier molecular flexibility index (Phi) is 5.46. The molecule has 5 nitrogen and oxygen atoms in total. The molecule has 1 aromatic heterocycles. The van der Waals surface area contributed by atoms with Crippen LogP contribution in [-0.4, -0.2) is 27.4 Å². The highest BCUT2D eigenvalue weighted by atomic mass is 35.5. The third-order valence-electron chi connectivity index (χ3n) is 3.14. The zero-order valence-corrected chi connectivity index (χ0v) is 14.3. The van der Waals surface area contributed by atoms with Gasteiger partial charge in [-0.3, -0.25) is 4.79 Å². The Hall–Kier alpha value is -1.82. The van der Waals surface area contributed by atoms with Crippen molar-refractivity contribution in [3.8, 4) is 0 Å². The van der Waals surface area contributed by atoms with Crippen LogP contribution in [0.5, 0.6) is 0 Å². The van der Waals surface area contributed by atoms with E-state index >= 15 is 0 Å². The molecule has 0 fully saturated rings. The molecule has 0 aliphatic carbocycles. The first kappa shape index (κ1) is 17.5. The van der Waals surface area contributed by atoms with Crippen molar-refractivity contribution in [3.05, 3.63) is 57.8 Å². The predicted molar refractivity (Wildman–Crippen MR) is 92.0 cm³/mol. The molecule has 7 heteroatoms. The highest BCUT2D eigenvalue weighted by molar-refractivity contribution is 6.35. The summed E-state index contributed by atoms with van der Waals surface area (Å²) in [5.41, 5.74) is 2.52. The second-order valence-corrected chi connectivity index (χ2v) is 6.40. The van der Waals surface area contributed by atoms with E-state index in [0.717, 1.165) is 11.3 Å². The minimum Gasteiger partial charge on any atom is -0.381 e. The van der Waals surface area contributed by atoms with Gasteiger partial charge in [0.15, 0.2) is 0 Å². The van der Waals surface area contributed by atoms with E-state index in [2.05, 4.69) is 10.5 Å². The molecular weight excluding hydrogens is 337 g/mol. The van der Waals surface area contributed by atoms with Gasteiger partial charge in [0.05, 0.1) is 11.9 Å². The molecule has 0 unspecified atom stereocenters. The minimum atomic E-state index is -1.48. The Balaban J connectivity index is 2.09. The first-order chi connectivity index (χ1) is 10.8. The van der Waals surface area contributed by atoms with Gasteiger partial charge in [-0.2, -0.15) is 5.10 Å². The van der Waals surface area contributed by atoms with Crippen LogP contribution < -0.4 is 5.43 Å². The number of rotatable bonds is 5. The van der Waals surface area contributed by atoms with E-state index in [0.29, 0.717) is 16.6 Å². The molecule has 1 amide bonds. The molecule has 0 radical (unpaired) electrons. The van der Waals surface area contributed by atoms with Crippen molar-refractivity contribution in [1.29, 1.82) is 0 Å². The Morgan fingerprint density at radius 2 is 2.13 bits per heavy atom. The standard InChI is InChI=1S/C16H17Cl2N3O2/c1-16(2,23)15(22)20-19-9-13-4-3-7-21(13)10-11-5-6-12(17)8-14(11)18/h3-9,23H,10H2,1-2H3,(H,20,22). The largest absolute Gasteiger partial charge is 0.381 e. The minimum absolute atomic E-state index is 0.545. The average Bonchev–Trinajstić information content (AvgIpc) is 2.88. The molecule has 0 spiro atoms. The molecule has 2 N–H and O–H groups in total. The summed E-state index contributed by atoms with van der Waals surface area (Å²) in [5, 5.41) is 14.6. The summed E-state index contributed by atoms with van der Waals surface area (Å²) in [7, 11) is 0. The van der Waals surface area contributed by atoms with Crippen LogP contribution in [0, 0.1) is 0 Å². The van der Waals surface area contributed by atoms with Crippen molar-refractivity contribution >= 4 is 35.3 Å². The normalized spacial score (nSPS) is 11.9. The highest BCUT2D eigenvalue weighted by Crippen LogP contribution is 2.22. The highest BCUT2D eigenvalue weighted by Gasteiger charge is 2.22. The van der Waals surface area contributed by atoms with Crippen LogP contribution in [0.3, 0.4) is 0 Å². The van der Waals surface area contributed by atoms with Crippen LogP contribution in [0.25, 0.3) is 0 Å². The van der Waals surface area contributed by atoms with Gasteiger partial charge in [-0.15, -0.1) is 0 Å². The van der Waals surface area contributed by atoms with E-state index < -0.39 is 11.5 Å². The Bertz CT molecular complexity index is 733. The number of nitrogens with one attached hydrogen (secondary N) is 1. The molecule has 1 aromatic carbocycles. The van der Waals surface area contributed by atoms with Gasteiger partial charge in [0, 0.05) is 22.8 Å². The summed E-state index contributed by atoms with van der Waals surface area (Å²) in [6.45, 7) is 3.33. The van der Waals surface area contributed by atoms with E-state index in [1.54, 1.807) is 12.1 Å². The summed E-state index contributed by atoms with van der Waals surface area (Å²) in [4.78, 5) is 11.5. The predicted octanol–water partition coefficient (Wildman–Crippen LogP) is 3.06. The second kappa shape index (κ2) is 7.17. The molecule has 2 aromatic rings. The fourth-order valence-corrected chi connectivity index (χ4v) is 2.28. The van der Waals surface area contributed by atoms with Crippen LogP contribution in [0.1, 0.15) is 25.1 Å². The Morgan fingerprint density at radius 3 is 2.78 bits per heavy atom. The van der Waals surface area contributed by atoms with Gasteiger partial charge in [-0.1, -0.05) is 29.3 Å². The summed E-state index contributed by atoms with van der Waals surface area (Å²) in [5.74, 6) is -0.576. The van der Waals surface area contributed by atoms with Crippen molar-refractivity contribution in [1.82, 2.24) is 9.99 Å². The number of halogens is 2. The maximum atomic E-state index is 11.5. The van der Waals surface area contributed by atoms with E-state index in [1.807, 2.05) is 29.0 Å². The first-order valence-corrected chi connectivity index (χ1v) is 7.68. The third-order valence-corrected chi connectivity index (χ3v) is 3.73. The fraction of sp³-hybridized carbons (Fsp3) is 0.250. The van der Waals surface area contributed by atoms with Crippen LogP contribution >= 0.6 is 23.2 Å². The number of hydrogen-bond donors (Lipinski definition) is 2. The molecule has 0 bridgehead atoms. The average molecular weight is 354 g/mol. The summed E-state index contributed by atoms with van der Waals surface area (Å²) in [6.07, 6.45) is 3.39. The molecule has 0 aliphatic rings. The van der Waals surface area contributed by atoms with Crippen molar-refractivity contribution in [2.45, 2.75) is 26.0 Å². The summed E-state index contributed by atoms with van der Waals surface area (Å²) in [6, 6.07) is 9.05. The van der Waals surface area contributed by atoms with Gasteiger partial charge in [-0.25, -0.2) is 5.43 Å². The van der Waals surface area contributed by atoms with E-state index in [-0.39, 0.29) is 0 Å². The lowest BCUT2D eigenvalue weighted by Gasteiger charge is -2.13.